The molecular formula is C34H26N2O3. The van der Waals surface area contributed by atoms with Gasteiger partial charge in [0.2, 0.25) is 0 Å². The Kier molecular flexibility index (Phi) is 5.20. The van der Waals surface area contributed by atoms with Gasteiger partial charge in [-0.05, 0) is 67.6 Å². The summed E-state index contributed by atoms with van der Waals surface area (Å²) in [7, 11) is 2.03. The van der Waals surface area contributed by atoms with Gasteiger partial charge in [0.15, 0.2) is 5.60 Å². The lowest BCUT2D eigenvalue weighted by molar-refractivity contribution is 0.0224. The van der Waals surface area contributed by atoms with Crippen molar-refractivity contribution >= 4 is 28.7 Å². The lowest BCUT2D eigenvalue weighted by Gasteiger charge is -2.37. The maximum absolute atomic E-state index is 13.2. The van der Waals surface area contributed by atoms with Crippen LogP contribution in [0.3, 0.4) is 0 Å². The third-order valence-corrected chi connectivity index (χ3v) is 7.57. The van der Waals surface area contributed by atoms with Crippen LogP contribution in [0.15, 0.2) is 115 Å². The Labute approximate surface area is 227 Å². The Balaban J connectivity index is 1.38. The number of hydrogen-bond acceptors (Lipinski definition) is 5. The third-order valence-electron chi connectivity index (χ3n) is 7.57. The first-order valence-electron chi connectivity index (χ1n) is 13.0. The zero-order valence-electron chi connectivity index (χ0n) is 21.6. The standard InChI is InChI=1S/C34H26N2O3/c1-22-12-15-25(16-13-22)36(2)26-17-18-29-32(21-26)38-31-19-14-24(35-23-8-4-3-5-9-23)20-30(31)34(29)28-11-7-6-10-27(28)33(37)39-34/h3-21,35H,1-2H3. The molecule has 0 radical (unpaired) electrons. The first-order valence-corrected chi connectivity index (χ1v) is 13.0. The van der Waals surface area contributed by atoms with E-state index in [0.717, 1.165) is 39.4 Å². The Hall–Kier alpha value is -5.03. The molecule has 1 unspecified atom stereocenters. The highest BCUT2D eigenvalue weighted by atomic mass is 16.6. The Morgan fingerprint density at radius 3 is 2.23 bits per heavy atom. The minimum atomic E-state index is -1.12. The van der Waals surface area contributed by atoms with Crippen LogP contribution in [-0.2, 0) is 10.3 Å². The van der Waals surface area contributed by atoms with E-state index in [1.807, 2.05) is 92.0 Å². The van der Waals surface area contributed by atoms with Crippen LogP contribution in [-0.4, -0.2) is 13.0 Å². The average Bonchev–Trinajstić information content (AvgIpc) is 3.26. The smallest absolute Gasteiger partial charge is 0.340 e. The van der Waals surface area contributed by atoms with E-state index < -0.39 is 5.60 Å². The number of ether oxygens (including phenoxy) is 2. The molecule has 2 heterocycles. The molecule has 5 aromatic carbocycles. The summed E-state index contributed by atoms with van der Waals surface area (Å²) in [5, 5.41) is 3.46. The molecule has 190 valence electrons. The molecule has 0 saturated carbocycles. The predicted octanol–water partition coefficient (Wildman–Crippen LogP) is 8.07. The summed E-state index contributed by atoms with van der Waals surface area (Å²) in [5.41, 5.74) is 6.94. The summed E-state index contributed by atoms with van der Waals surface area (Å²) in [4.78, 5) is 15.4. The van der Waals surface area contributed by atoms with Gasteiger partial charge >= 0.3 is 5.97 Å². The summed E-state index contributed by atoms with van der Waals surface area (Å²) in [5.74, 6) is 0.972. The molecule has 5 nitrogen and oxygen atoms in total. The van der Waals surface area contributed by atoms with Crippen LogP contribution in [0.1, 0.15) is 32.6 Å². The molecule has 5 aromatic rings. The quantitative estimate of drug-likeness (QED) is 0.248. The summed E-state index contributed by atoms with van der Waals surface area (Å²) in [6, 6.07) is 38.0. The number of rotatable bonds is 4. The van der Waals surface area contributed by atoms with Crippen molar-refractivity contribution in [3.63, 3.8) is 0 Å². The van der Waals surface area contributed by atoms with Gasteiger partial charge in [0.05, 0.1) is 5.56 Å². The van der Waals surface area contributed by atoms with Gasteiger partial charge < -0.3 is 19.7 Å². The molecule has 2 aliphatic rings. The Morgan fingerprint density at radius 1 is 0.667 bits per heavy atom. The number of carbonyl (C=O) groups excluding carboxylic acids is 1. The first kappa shape index (κ1) is 23.1. The van der Waals surface area contributed by atoms with Gasteiger partial charge in [-0.1, -0.05) is 54.1 Å². The number of nitrogens with one attached hydrogen (secondary N) is 1. The van der Waals surface area contributed by atoms with Crippen LogP contribution in [0, 0.1) is 6.92 Å². The number of nitrogens with zero attached hydrogens (tertiary/aromatic N) is 1. The van der Waals surface area contributed by atoms with E-state index >= 15 is 0 Å². The highest BCUT2D eigenvalue weighted by Gasteiger charge is 2.53. The minimum Gasteiger partial charge on any atom is -0.456 e. The van der Waals surface area contributed by atoms with Crippen LogP contribution in [0.5, 0.6) is 11.5 Å². The van der Waals surface area contributed by atoms with E-state index in [1.54, 1.807) is 0 Å². The van der Waals surface area contributed by atoms with E-state index in [-0.39, 0.29) is 5.97 Å². The molecule has 1 spiro atoms. The molecule has 0 amide bonds. The Morgan fingerprint density at radius 2 is 1.41 bits per heavy atom. The van der Waals surface area contributed by atoms with Crippen molar-refractivity contribution < 1.29 is 14.3 Å². The molecular weight excluding hydrogens is 484 g/mol. The fraction of sp³-hybridized carbons (Fsp3) is 0.0882. The van der Waals surface area contributed by atoms with Crippen molar-refractivity contribution in [1.29, 1.82) is 0 Å². The second-order valence-corrected chi connectivity index (χ2v) is 10.00. The van der Waals surface area contributed by atoms with Crippen LogP contribution < -0.4 is 15.0 Å². The summed E-state index contributed by atoms with van der Waals surface area (Å²) >= 11 is 0. The normalized spacial score (nSPS) is 16.5. The molecule has 0 fully saturated rings. The lowest BCUT2D eigenvalue weighted by atomic mass is 9.77. The van der Waals surface area contributed by atoms with Crippen molar-refractivity contribution in [2.24, 2.45) is 0 Å². The van der Waals surface area contributed by atoms with Gasteiger partial charge in [0, 0.05) is 52.6 Å². The largest absolute Gasteiger partial charge is 0.456 e. The number of hydrogen-bond donors (Lipinski definition) is 1. The number of anilines is 4. The predicted molar refractivity (Wildman–Crippen MR) is 154 cm³/mol. The van der Waals surface area contributed by atoms with E-state index in [4.69, 9.17) is 9.47 Å². The monoisotopic (exact) mass is 510 g/mol. The summed E-state index contributed by atoms with van der Waals surface area (Å²) in [6.45, 7) is 2.08. The van der Waals surface area contributed by atoms with E-state index in [1.165, 1.54) is 5.56 Å². The van der Waals surface area contributed by atoms with Gasteiger partial charge in [-0.25, -0.2) is 4.79 Å². The number of carbonyl (C=O) groups is 1. The molecule has 0 aromatic heterocycles. The average molecular weight is 511 g/mol. The van der Waals surface area contributed by atoms with Crippen molar-refractivity contribution in [3.05, 3.63) is 143 Å². The van der Waals surface area contributed by atoms with Gasteiger partial charge in [-0.3, -0.25) is 0 Å². The zero-order valence-corrected chi connectivity index (χ0v) is 21.6. The number of fused-ring (bicyclic) bond motifs is 6. The van der Waals surface area contributed by atoms with Crippen LogP contribution in [0.4, 0.5) is 22.7 Å². The second kappa shape index (κ2) is 8.77. The molecule has 0 saturated heterocycles. The summed E-state index contributed by atoms with van der Waals surface area (Å²) < 4.78 is 12.9. The molecule has 1 N–H and O–H groups in total. The van der Waals surface area contributed by atoms with E-state index in [9.17, 15) is 4.79 Å². The van der Waals surface area contributed by atoms with Gasteiger partial charge in [0.25, 0.3) is 0 Å². The van der Waals surface area contributed by atoms with Crippen LogP contribution in [0.25, 0.3) is 0 Å². The number of benzene rings is 5. The maximum atomic E-state index is 13.2. The van der Waals surface area contributed by atoms with Gasteiger partial charge in [-0.15, -0.1) is 0 Å². The SMILES string of the molecule is Cc1ccc(N(C)c2ccc3c(c2)Oc2ccc(Nc4ccccc4)cc2C32OC(=O)c3ccccc32)cc1. The fourth-order valence-electron chi connectivity index (χ4n) is 5.55. The number of aryl methyl sites for hydroxylation is 1. The molecule has 0 bridgehead atoms. The third kappa shape index (κ3) is 3.66. The van der Waals surface area contributed by atoms with Crippen molar-refractivity contribution in [2.75, 3.05) is 17.3 Å². The molecule has 1 atom stereocenters. The molecule has 2 aliphatic heterocycles. The highest BCUT2D eigenvalue weighted by Crippen LogP contribution is 2.57. The second-order valence-electron chi connectivity index (χ2n) is 10.00. The van der Waals surface area contributed by atoms with Crippen molar-refractivity contribution in [3.8, 4) is 11.5 Å². The lowest BCUT2D eigenvalue weighted by Crippen LogP contribution is -2.33. The van der Waals surface area contributed by atoms with Crippen LogP contribution >= 0.6 is 0 Å². The van der Waals surface area contributed by atoms with Crippen LogP contribution in [0.2, 0.25) is 0 Å². The molecule has 5 heteroatoms. The van der Waals surface area contributed by atoms with Crippen molar-refractivity contribution in [2.45, 2.75) is 12.5 Å². The maximum Gasteiger partial charge on any atom is 0.340 e. The fourth-order valence-corrected chi connectivity index (χ4v) is 5.55. The van der Waals surface area contributed by atoms with E-state index in [0.29, 0.717) is 17.1 Å². The highest BCUT2D eigenvalue weighted by molar-refractivity contribution is 5.97. The first-order chi connectivity index (χ1) is 19.0. The van der Waals surface area contributed by atoms with Crippen molar-refractivity contribution in [1.82, 2.24) is 0 Å². The molecule has 0 aliphatic carbocycles. The number of para-hydroxylation sites is 1. The van der Waals surface area contributed by atoms with Gasteiger partial charge in [-0.2, -0.15) is 0 Å². The van der Waals surface area contributed by atoms with E-state index in [2.05, 4.69) is 47.5 Å². The topological polar surface area (TPSA) is 50.8 Å². The molecule has 7 rings (SSSR count). The Bertz CT molecular complexity index is 1730. The van der Waals surface area contributed by atoms with Gasteiger partial charge in [0.1, 0.15) is 11.5 Å². The minimum absolute atomic E-state index is 0.341. The number of esters is 1. The summed E-state index contributed by atoms with van der Waals surface area (Å²) in [6.07, 6.45) is 0. The molecule has 39 heavy (non-hydrogen) atoms. The zero-order chi connectivity index (χ0) is 26.6.